The predicted molar refractivity (Wildman–Crippen MR) is 138 cm³/mol. The van der Waals surface area contributed by atoms with E-state index in [4.69, 9.17) is 5.73 Å². The van der Waals surface area contributed by atoms with Gasteiger partial charge in [0, 0.05) is 10.6 Å². The first-order chi connectivity index (χ1) is 15.0. The van der Waals surface area contributed by atoms with Crippen LogP contribution in [0.4, 0.5) is 5.69 Å². The van der Waals surface area contributed by atoms with Gasteiger partial charge in [0.25, 0.3) is 5.91 Å². The van der Waals surface area contributed by atoms with Crippen molar-refractivity contribution in [2.45, 2.75) is 17.4 Å². The zero-order chi connectivity index (χ0) is 22.1. The molecule has 32 heavy (non-hydrogen) atoms. The minimum Gasteiger partial charge on any atom is -0.343 e. The highest BCUT2D eigenvalue weighted by Gasteiger charge is 2.19. The first-order valence-corrected chi connectivity index (χ1v) is 10.6. The van der Waals surface area contributed by atoms with Gasteiger partial charge in [-0.3, -0.25) is 14.4 Å². The Kier molecular flexibility index (Phi) is 10.4. The van der Waals surface area contributed by atoms with E-state index in [0.29, 0.717) is 22.6 Å². The molecule has 0 bridgehead atoms. The maximum absolute atomic E-state index is 12.6. The lowest BCUT2D eigenvalue weighted by atomic mass is 10.1. The second-order valence-corrected chi connectivity index (χ2v) is 7.86. The first-order valence-electron chi connectivity index (χ1n) is 9.76. The fraction of sp³-hybridized carbons (Fsp3) is 0.125. The predicted octanol–water partition coefficient (Wildman–Crippen LogP) is 3.86. The second kappa shape index (κ2) is 13.0. The molecule has 0 aromatic heterocycles. The summed E-state index contributed by atoms with van der Waals surface area (Å²) in [6.07, 6.45) is 0.417. The summed E-state index contributed by atoms with van der Waals surface area (Å²) in [4.78, 5) is 37.8. The standard InChI is InChI=1S/C24H23N3O3S.HI/c25-20(15-17-9-3-1-4-10-17)24(30)31-21-14-8-7-13-19(21)23(29)26-16-22(28)27-18-11-5-2-6-12-18;/h1-14,20H,15-16,25H2,(H,26,29)(H,27,28);1H. The van der Waals surface area contributed by atoms with Crippen molar-refractivity contribution in [2.24, 2.45) is 5.73 Å². The molecule has 1 unspecified atom stereocenters. The number of para-hydroxylation sites is 1. The number of carbonyl (C=O) groups excluding carboxylic acids is 3. The van der Waals surface area contributed by atoms with Crippen molar-refractivity contribution >= 4 is 58.4 Å². The highest BCUT2D eigenvalue weighted by Crippen LogP contribution is 2.25. The van der Waals surface area contributed by atoms with E-state index in [-0.39, 0.29) is 41.5 Å². The molecule has 3 rings (SSSR count). The molecule has 6 nitrogen and oxygen atoms in total. The number of amides is 2. The number of halogens is 1. The molecule has 2 amide bonds. The largest absolute Gasteiger partial charge is 0.343 e. The van der Waals surface area contributed by atoms with Crippen LogP contribution in [0.15, 0.2) is 89.8 Å². The van der Waals surface area contributed by atoms with Gasteiger partial charge >= 0.3 is 0 Å². The van der Waals surface area contributed by atoms with Gasteiger partial charge in [0.05, 0.1) is 18.2 Å². The zero-order valence-electron chi connectivity index (χ0n) is 17.2. The third kappa shape index (κ3) is 7.77. The molecule has 0 saturated carbocycles. The van der Waals surface area contributed by atoms with Crippen LogP contribution in [0.1, 0.15) is 15.9 Å². The maximum Gasteiger partial charge on any atom is 0.252 e. The van der Waals surface area contributed by atoms with Gasteiger partial charge in [0.2, 0.25) is 11.0 Å². The summed E-state index contributed by atoms with van der Waals surface area (Å²) in [5, 5.41) is 5.07. The third-order valence-electron chi connectivity index (χ3n) is 4.41. The zero-order valence-corrected chi connectivity index (χ0v) is 20.3. The van der Waals surface area contributed by atoms with Crippen molar-refractivity contribution in [3.8, 4) is 0 Å². The lowest BCUT2D eigenvalue weighted by Crippen LogP contribution is -2.33. The molecule has 0 heterocycles. The van der Waals surface area contributed by atoms with E-state index in [0.717, 1.165) is 17.3 Å². The first kappa shape index (κ1) is 25.6. The molecule has 0 spiro atoms. The van der Waals surface area contributed by atoms with Crippen LogP contribution < -0.4 is 16.4 Å². The molecule has 8 heteroatoms. The summed E-state index contributed by atoms with van der Waals surface area (Å²) in [7, 11) is 0. The number of hydrogen-bond donors (Lipinski definition) is 3. The van der Waals surface area contributed by atoms with E-state index in [9.17, 15) is 14.4 Å². The summed E-state index contributed by atoms with van der Waals surface area (Å²) in [5.41, 5.74) is 8.01. The molecule has 0 aliphatic heterocycles. The normalized spacial score (nSPS) is 11.0. The smallest absolute Gasteiger partial charge is 0.252 e. The second-order valence-electron chi connectivity index (χ2n) is 6.81. The number of hydrogen-bond acceptors (Lipinski definition) is 5. The van der Waals surface area contributed by atoms with Crippen LogP contribution in [0.3, 0.4) is 0 Å². The van der Waals surface area contributed by atoms with Crippen molar-refractivity contribution < 1.29 is 14.4 Å². The van der Waals surface area contributed by atoms with Gasteiger partial charge in [0.15, 0.2) is 0 Å². The number of rotatable bonds is 8. The SMILES string of the molecule is I.NC(Cc1ccccc1)C(=O)Sc1ccccc1C(=O)NCC(=O)Nc1ccccc1. The number of nitrogens with one attached hydrogen (secondary N) is 2. The lowest BCUT2D eigenvalue weighted by molar-refractivity contribution is -0.115. The minimum absolute atomic E-state index is 0. The summed E-state index contributed by atoms with van der Waals surface area (Å²) in [6, 6.07) is 24.6. The molecule has 166 valence electrons. The molecule has 4 N–H and O–H groups in total. The molecule has 0 aliphatic carbocycles. The summed E-state index contributed by atoms with van der Waals surface area (Å²) in [5.74, 6) is -0.776. The number of carbonyl (C=O) groups is 3. The highest BCUT2D eigenvalue weighted by atomic mass is 127. The Balaban J connectivity index is 0.00000363. The van der Waals surface area contributed by atoms with E-state index in [2.05, 4.69) is 10.6 Å². The van der Waals surface area contributed by atoms with E-state index >= 15 is 0 Å². The molecule has 0 radical (unpaired) electrons. The Hall–Kier alpha value is -2.69. The number of anilines is 1. The topological polar surface area (TPSA) is 101 Å². The van der Waals surface area contributed by atoms with Crippen molar-refractivity contribution in [1.82, 2.24) is 5.32 Å². The average molecular weight is 561 g/mol. The van der Waals surface area contributed by atoms with Gasteiger partial charge in [-0.1, -0.05) is 60.7 Å². The van der Waals surface area contributed by atoms with Crippen LogP contribution in [0.25, 0.3) is 0 Å². The monoisotopic (exact) mass is 561 g/mol. The highest BCUT2D eigenvalue weighted by molar-refractivity contribution is 14.0. The Morgan fingerprint density at radius 1 is 0.844 bits per heavy atom. The quantitative estimate of drug-likeness (QED) is 0.287. The van der Waals surface area contributed by atoms with E-state index < -0.39 is 11.9 Å². The van der Waals surface area contributed by atoms with Crippen LogP contribution in [0.2, 0.25) is 0 Å². The molecule has 1 atom stereocenters. The minimum atomic E-state index is -0.694. The molecule has 0 aliphatic rings. The van der Waals surface area contributed by atoms with Gasteiger partial charge in [-0.2, -0.15) is 0 Å². The third-order valence-corrected chi connectivity index (χ3v) is 5.49. The van der Waals surface area contributed by atoms with Crippen molar-refractivity contribution in [2.75, 3.05) is 11.9 Å². The van der Waals surface area contributed by atoms with Gasteiger partial charge in [-0.05, 0) is 48.0 Å². The molecule has 0 saturated heterocycles. The summed E-state index contributed by atoms with van der Waals surface area (Å²) < 4.78 is 0. The van der Waals surface area contributed by atoms with Crippen LogP contribution in [0.5, 0.6) is 0 Å². The van der Waals surface area contributed by atoms with Gasteiger partial charge in [-0.25, -0.2) is 0 Å². The van der Waals surface area contributed by atoms with Crippen LogP contribution in [-0.4, -0.2) is 29.5 Å². The van der Waals surface area contributed by atoms with Crippen molar-refractivity contribution in [3.05, 3.63) is 96.1 Å². The van der Waals surface area contributed by atoms with Crippen molar-refractivity contribution in [3.63, 3.8) is 0 Å². The molecule has 3 aromatic carbocycles. The Bertz CT molecular complexity index is 1050. The Morgan fingerprint density at radius 2 is 1.44 bits per heavy atom. The van der Waals surface area contributed by atoms with Crippen molar-refractivity contribution in [1.29, 1.82) is 0 Å². The van der Waals surface area contributed by atoms with Crippen LogP contribution in [0, 0.1) is 0 Å². The molecular formula is C24H24IN3O3S. The van der Waals surface area contributed by atoms with Crippen LogP contribution >= 0.6 is 35.7 Å². The van der Waals surface area contributed by atoms with Gasteiger partial charge in [0.1, 0.15) is 0 Å². The summed E-state index contributed by atoms with van der Waals surface area (Å²) in [6.45, 7) is -0.186. The van der Waals surface area contributed by atoms with E-state index in [1.807, 2.05) is 36.4 Å². The average Bonchev–Trinajstić information content (AvgIpc) is 2.79. The number of thioether (sulfide) groups is 1. The summed E-state index contributed by atoms with van der Waals surface area (Å²) >= 11 is 0.937. The molecule has 3 aromatic rings. The molecule has 0 fully saturated rings. The van der Waals surface area contributed by atoms with Crippen LogP contribution in [-0.2, 0) is 16.0 Å². The maximum atomic E-state index is 12.6. The lowest BCUT2D eigenvalue weighted by Gasteiger charge is -2.13. The molecular weight excluding hydrogens is 537 g/mol. The van der Waals surface area contributed by atoms with Gasteiger partial charge in [-0.15, -0.1) is 24.0 Å². The Labute approximate surface area is 208 Å². The van der Waals surface area contributed by atoms with E-state index in [1.54, 1.807) is 48.5 Å². The fourth-order valence-corrected chi connectivity index (χ4v) is 3.73. The fourth-order valence-electron chi connectivity index (χ4n) is 2.86. The number of benzene rings is 3. The van der Waals surface area contributed by atoms with Gasteiger partial charge < -0.3 is 16.4 Å². The van der Waals surface area contributed by atoms with E-state index in [1.165, 1.54) is 0 Å². The number of nitrogens with two attached hydrogens (primary N) is 1. The Morgan fingerprint density at radius 3 is 2.12 bits per heavy atom.